The fourth-order valence-electron chi connectivity index (χ4n) is 15.3. The Morgan fingerprint density at radius 3 is 0.980 bits per heavy atom. The summed E-state index contributed by atoms with van der Waals surface area (Å²) >= 11 is 0. The summed E-state index contributed by atoms with van der Waals surface area (Å²) in [6.07, 6.45) is 41.8. The molecular weight excluding hydrogens is 1240 g/mol. The van der Waals surface area contributed by atoms with Crippen LogP contribution in [-0.4, -0.2) is 57.9 Å². The summed E-state index contributed by atoms with van der Waals surface area (Å²) in [7, 11) is 0. The summed E-state index contributed by atoms with van der Waals surface area (Å²) in [5.74, 6) is 3.56. The number of carbonyl (C=O) groups excluding carboxylic acids is 5. The Labute approximate surface area is 629 Å². The molecule has 1 atom stereocenters. The molecule has 0 spiro atoms. The molecule has 10 heteroatoms. The van der Waals surface area contributed by atoms with Crippen LogP contribution in [0.25, 0.3) is 0 Å². The first kappa shape index (κ1) is 113. The van der Waals surface area contributed by atoms with Gasteiger partial charge in [-0.25, -0.2) is 0 Å². The highest BCUT2D eigenvalue weighted by Crippen LogP contribution is 2.65. The molecule has 0 aromatic heterocycles. The minimum absolute atomic E-state index is 0. The zero-order valence-corrected chi connectivity index (χ0v) is 63.4. The predicted octanol–water partition coefficient (Wildman–Crippen LogP) is 29.3. The fraction of sp³-hybridized carbons (Fsp3) is 0.944. The van der Waals surface area contributed by atoms with E-state index in [1.54, 1.807) is 0 Å². The molecule has 8 aliphatic carbocycles. The van der Waals surface area contributed by atoms with Gasteiger partial charge in [0.1, 0.15) is 28.0 Å². The van der Waals surface area contributed by atoms with Gasteiger partial charge in [-0.15, -0.1) is 0 Å². The topological polar surface area (TPSA) is 132 Å². The van der Waals surface area contributed by atoms with Crippen LogP contribution in [-0.2, 0) is 47.7 Å². The van der Waals surface area contributed by atoms with E-state index >= 15 is 0 Å². The van der Waals surface area contributed by atoms with Gasteiger partial charge < -0.3 is 23.7 Å². The van der Waals surface area contributed by atoms with E-state index in [9.17, 15) is 24.0 Å². The minimum Gasteiger partial charge on any atom is -0.459 e. The molecule has 0 aromatic rings. The molecule has 0 radical (unpaired) electrons. The first-order valence-corrected chi connectivity index (χ1v) is 37.9. The monoisotopic (exact) mass is 1430 g/mol. The molecule has 8 saturated carbocycles. The zero-order chi connectivity index (χ0) is 68.3. The maximum absolute atomic E-state index is 12.7. The van der Waals surface area contributed by atoms with Crippen LogP contribution in [0.15, 0.2) is 0 Å². The Balaban J connectivity index is -0.000000173. The molecule has 1 unspecified atom stereocenters. The predicted molar refractivity (Wildman–Crippen MR) is 440 cm³/mol. The smallest absolute Gasteiger partial charge is 0.312 e. The molecule has 10 nitrogen and oxygen atoms in total. The maximum atomic E-state index is 12.7. The Hall–Kier alpha value is -2.65. The normalized spacial score (nSPS) is 22.6. The lowest BCUT2D eigenvalue weighted by molar-refractivity contribution is -0.212. The molecule has 0 heterocycles. The summed E-state index contributed by atoms with van der Waals surface area (Å²) in [4.78, 5) is 61.5. The molecular formula is C90H186O10. The van der Waals surface area contributed by atoms with Crippen molar-refractivity contribution in [3.63, 3.8) is 0 Å². The van der Waals surface area contributed by atoms with Crippen molar-refractivity contribution >= 4 is 29.8 Å². The lowest BCUT2D eigenvalue weighted by atomic mass is 9.45. The van der Waals surface area contributed by atoms with Gasteiger partial charge in [0, 0.05) is 5.41 Å². The number of rotatable bonds is 20. The number of hydrogen-bond donors (Lipinski definition) is 0. The Morgan fingerprint density at radius 2 is 0.650 bits per heavy atom. The van der Waals surface area contributed by atoms with E-state index in [2.05, 4.69) is 69.2 Å². The van der Waals surface area contributed by atoms with Crippen LogP contribution < -0.4 is 0 Å². The van der Waals surface area contributed by atoms with Gasteiger partial charge in [-0.2, -0.15) is 0 Å². The second-order valence-electron chi connectivity index (χ2n) is 34.8. The van der Waals surface area contributed by atoms with E-state index in [4.69, 9.17) is 23.7 Å². The highest BCUT2D eigenvalue weighted by atomic mass is 16.6. The highest BCUT2D eigenvalue weighted by Gasteiger charge is 2.60. The van der Waals surface area contributed by atoms with Crippen LogP contribution in [0, 0.1) is 62.1 Å². The lowest BCUT2D eigenvalue weighted by Crippen LogP contribution is -2.59. The molecule has 0 saturated heterocycles. The fourth-order valence-corrected chi connectivity index (χ4v) is 15.3. The average Bonchev–Trinajstić information content (AvgIpc) is 0.999. The third-order valence-corrected chi connectivity index (χ3v) is 25.0. The van der Waals surface area contributed by atoms with E-state index in [0.29, 0.717) is 11.8 Å². The number of hydrogen-bond acceptors (Lipinski definition) is 10. The molecule has 8 fully saturated rings. The number of esters is 5. The van der Waals surface area contributed by atoms with Crippen molar-refractivity contribution < 1.29 is 47.7 Å². The second kappa shape index (κ2) is 48.5. The Kier molecular flexibility index (Phi) is 54.9. The van der Waals surface area contributed by atoms with E-state index in [1.165, 1.54) is 148 Å². The largest absolute Gasteiger partial charge is 0.459 e. The molecule has 8 rings (SSSR count). The van der Waals surface area contributed by atoms with Crippen molar-refractivity contribution in [3.8, 4) is 0 Å². The number of ether oxygens (including phenoxy) is 5. The Bertz CT molecular complexity index is 2100. The van der Waals surface area contributed by atoms with Crippen LogP contribution in [0.1, 0.15) is 465 Å². The summed E-state index contributed by atoms with van der Waals surface area (Å²) in [5, 5.41) is 0. The second-order valence-corrected chi connectivity index (χ2v) is 34.8. The van der Waals surface area contributed by atoms with Crippen molar-refractivity contribution in [2.45, 2.75) is 493 Å². The average molecular weight is 1430 g/mol. The molecule has 0 aromatic carbocycles. The molecule has 100 heavy (non-hydrogen) atoms. The molecule has 4 bridgehead atoms. The maximum Gasteiger partial charge on any atom is 0.312 e. The van der Waals surface area contributed by atoms with Gasteiger partial charge in [0.25, 0.3) is 0 Å². The van der Waals surface area contributed by atoms with Gasteiger partial charge >= 0.3 is 29.8 Å². The number of carbonyl (C=O) groups is 5. The van der Waals surface area contributed by atoms with Crippen molar-refractivity contribution in [1.82, 2.24) is 0 Å². The first-order chi connectivity index (χ1) is 41.7. The highest BCUT2D eigenvalue weighted by molar-refractivity contribution is 5.78. The van der Waals surface area contributed by atoms with Crippen LogP contribution in [0.5, 0.6) is 0 Å². The third-order valence-electron chi connectivity index (χ3n) is 25.0. The molecule has 0 N–H and O–H groups in total. The van der Waals surface area contributed by atoms with Gasteiger partial charge in [-0.3, -0.25) is 24.0 Å². The third kappa shape index (κ3) is 32.2. The molecule has 606 valence electrons. The van der Waals surface area contributed by atoms with Gasteiger partial charge in [0.2, 0.25) is 0 Å². The van der Waals surface area contributed by atoms with Crippen LogP contribution >= 0.6 is 0 Å². The SMILES string of the molecule is C.C.C.C.C.C.C.C.C.C.CCC(C)(C)C(=O)OC(C)(C)C1CCCCC1.CCC(C)(C)C(=O)OC(C)(CC)C12CC3CC(CC(C3)C1)C2.CCC(C)(C)C(=O)OC1(C(C)C)CCCC1.CCC(C)(C)C(=O)OC1(C)CCCCCCC1.CCC1(OC(=O)C(C)(C)CC)CCCCCCC1. The quantitative estimate of drug-likeness (QED) is 0.0857. The van der Waals surface area contributed by atoms with Crippen LogP contribution in [0.3, 0.4) is 0 Å². The van der Waals surface area contributed by atoms with Crippen molar-refractivity contribution in [1.29, 1.82) is 0 Å². The van der Waals surface area contributed by atoms with Gasteiger partial charge in [0.05, 0.1) is 27.1 Å². The van der Waals surface area contributed by atoms with Crippen molar-refractivity contribution in [2.24, 2.45) is 62.1 Å². The van der Waals surface area contributed by atoms with Crippen molar-refractivity contribution in [2.75, 3.05) is 0 Å². The summed E-state index contributed by atoms with van der Waals surface area (Å²) in [6.45, 7) is 47.3. The molecule has 0 aliphatic heterocycles. The van der Waals surface area contributed by atoms with E-state index in [-0.39, 0.29) is 165 Å². The van der Waals surface area contributed by atoms with Gasteiger partial charge in [-0.05, 0) is 300 Å². The molecule has 8 aliphatic rings. The Morgan fingerprint density at radius 1 is 0.360 bits per heavy atom. The summed E-state index contributed by atoms with van der Waals surface area (Å²) in [5.41, 5.74) is -2.63. The van der Waals surface area contributed by atoms with Gasteiger partial charge in [-0.1, -0.05) is 194 Å². The van der Waals surface area contributed by atoms with Crippen LogP contribution in [0.4, 0.5) is 0 Å². The standard InChI is InChI=1S/C20H34O2.C16H30O2.2C15H28O2.C14H26O2.10CH4/c1-6-18(3,4)17(21)22-19(5,7-2)20-11-14-8-15(12-20)10-16(9-14)13-20;1-5-15(3,4)14(17)18-16(6-2)12-10-8-7-9-11-13-16;1-6-14(2,3)13(16)17-15(4,5)12-10-8-7-9-11-12;1-5-14(2,3)13(16)17-15(4)11-9-7-6-8-10-12-15;1-6-13(4,5)12(15)16-14(11(2)3)9-7-8-10-14;;;;;;;;;;/h14-16H,6-13H2,1-5H3;5-13H2,1-4H3;12H,6-11H2,1-5H3;5-12H2,1-4H3;11H,6-10H2,1-5H3;10*1H4. The minimum atomic E-state index is -0.362. The zero-order valence-electron chi connectivity index (χ0n) is 63.4. The molecule has 0 amide bonds. The van der Waals surface area contributed by atoms with E-state index in [1.807, 2.05) is 90.0 Å². The van der Waals surface area contributed by atoms with Crippen LogP contribution in [0.2, 0.25) is 0 Å². The summed E-state index contributed by atoms with van der Waals surface area (Å²) in [6, 6.07) is 0. The first-order valence-electron chi connectivity index (χ1n) is 37.9. The van der Waals surface area contributed by atoms with Crippen molar-refractivity contribution in [3.05, 3.63) is 0 Å². The lowest BCUT2D eigenvalue weighted by Gasteiger charge is -2.62. The van der Waals surface area contributed by atoms with Gasteiger partial charge in [0.15, 0.2) is 0 Å². The summed E-state index contributed by atoms with van der Waals surface area (Å²) < 4.78 is 29.8. The van der Waals surface area contributed by atoms with E-state index in [0.717, 1.165) is 101 Å². The van der Waals surface area contributed by atoms with E-state index < -0.39 is 0 Å².